The number of nitrogens with zero attached hydrogens (tertiary/aromatic N) is 5. The molecule has 0 amide bonds. The fourth-order valence-corrected chi connectivity index (χ4v) is 8.16. The topological polar surface area (TPSA) is 86.6 Å². The lowest BCUT2D eigenvalue weighted by molar-refractivity contribution is 0.107. The Morgan fingerprint density at radius 2 is 1.93 bits per heavy atom. The van der Waals surface area contributed by atoms with Crippen molar-refractivity contribution in [1.82, 2.24) is 25.2 Å². The van der Waals surface area contributed by atoms with Crippen LogP contribution in [0.1, 0.15) is 44.6 Å². The van der Waals surface area contributed by atoms with Gasteiger partial charge in [0.05, 0.1) is 10.9 Å². The van der Waals surface area contributed by atoms with E-state index >= 15 is 4.39 Å². The number of aryl methyl sites for hydroxylation is 1. The number of piperazine rings is 1. The van der Waals surface area contributed by atoms with Crippen molar-refractivity contribution in [3.63, 3.8) is 0 Å². The third-order valence-corrected chi connectivity index (χ3v) is 10.2. The number of aromatic nitrogens is 3. The van der Waals surface area contributed by atoms with Crippen LogP contribution in [0.5, 0.6) is 11.8 Å². The molecule has 2 N–H and O–H groups in total. The maximum Gasteiger partial charge on any atom is 0.319 e. The molecule has 4 fully saturated rings. The molecule has 4 saturated heterocycles. The standard InChI is InChI=1S/C33H35F3N6O2/c1-2-23-26(35)7-4-18-10-22(43)11-24(27(18)23)29-28(36)30-25(13-37-29)31(41-15-20-5-6-21(16-41)38-20)40-32(39-30)44-17-33-8-3-9-42(33)14-19(34)12-33/h4,7,10-11,13,19-21,38,43H,2-3,5-6,8-9,12,14-17H2,1H3/t19-,20-,21+,33+/m1/s1. The Hall–Kier alpha value is -3.70. The van der Waals surface area contributed by atoms with E-state index in [4.69, 9.17) is 9.72 Å². The summed E-state index contributed by atoms with van der Waals surface area (Å²) in [5, 5.41) is 15.7. The Labute approximate surface area is 253 Å². The van der Waals surface area contributed by atoms with Crippen LogP contribution >= 0.6 is 0 Å². The van der Waals surface area contributed by atoms with Crippen molar-refractivity contribution in [3.05, 3.63) is 47.7 Å². The lowest BCUT2D eigenvalue weighted by Crippen LogP contribution is -2.51. The molecule has 2 bridgehead atoms. The van der Waals surface area contributed by atoms with E-state index in [0.29, 0.717) is 77.7 Å². The Kier molecular flexibility index (Phi) is 6.60. The van der Waals surface area contributed by atoms with Gasteiger partial charge in [-0.3, -0.25) is 9.88 Å². The second kappa shape index (κ2) is 10.4. The first kappa shape index (κ1) is 27.8. The van der Waals surface area contributed by atoms with Crippen molar-refractivity contribution >= 4 is 27.5 Å². The van der Waals surface area contributed by atoms with Crippen LogP contribution in [0.2, 0.25) is 0 Å². The Morgan fingerprint density at radius 3 is 2.73 bits per heavy atom. The molecule has 4 aromatic rings. The predicted octanol–water partition coefficient (Wildman–Crippen LogP) is 5.29. The number of rotatable bonds is 6. The second-order valence-electron chi connectivity index (χ2n) is 12.9. The molecule has 2 aromatic heterocycles. The van der Waals surface area contributed by atoms with Gasteiger partial charge in [-0.15, -0.1) is 0 Å². The van der Waals surface area contributed by atoms with Crippen molar-refractivity contribution < 1.29 is 23.0 Å². The zero-order valence-electron chi connectivity index (χ0n) is 24.6. The van der Waals surface area contributed by atoms with Gasteiger partial charge in [-0.25, -0.2) is 13.2 Å². The molecular formula is C33H35F3N6O2. The predicted molar refractivity (Wildman–Crippen MR) is 162 cm³/mol. The first-order valence-corrected chi connectivity index (χ1v) is 15.7. The van der Waals surface area contributed by atoms with Gasteiger partial charge < -0.3 is 20.1 Å². The van der Waals surface area contributed by atoms with E-state index in [-0.39, 0.29) is 29.6 Å². The molecule has 4 aliphatic heterocycles. The van der Waals surface area contributed by atoms with Crippen LogP contribution in [0.4, 0.5) is 19.0 Å². The van der Waals surface area contributed by atoms with E-state index in [1.54, 1.807) is 12.3 Å². The lowest BCUT2D eigenvalue weighted by Gasteiger charge is -2.34. The largest absolute Gasteiger partial charge is 0.508 e. The molecular weight excluding hydrogens is 569 g/mol. The molecule has 4 aliphatic rings. The number of nitrogens with one attached hydrogen (secondary N) is 1. The van der Waals surface area contributed by atoms with Gasteiger partial charge in [0.15, 0.2) is 5.82 Å². The number of alkyl halides is 1. The third kappa shape index (κ3) is 4.46. The van der Waals surface area contributed by atoms with E-state index in [1.165, 1.54) is 18.2 Å². The Morgan fingerprint density at radius 1 is 1.11 bits per heavy atom. The van der Waals surface area contributed by atoms with Crippen LogP contribution in [-0.2, 0) is 6.42 Å². The molecule has 8 rings (SSSR count). The number of hydrogen-bond acceptors (Lipinski definition) is 8. The summed E-state index contributed by atoms with van der Waals surface area (Å²) in [4.78, 5) is 18.3. The molecule has 4 atom stereocenters. The van der Waals surface area contributed by atoms with Gasteiger partial charge in [-0.1, -0.05) is 13.0 Å². The Balaban J connectivity index is 1.27. The van der Waals surface area contributed by atoms with Crippen molar-refractivity contribution in [2.24, 2.45) is 0 Å². The first-order chi connectivity index (χ1) is 21.3. The number of phenols is 1. The van der Waals surface area contributed by atoms with Crippen molar-refractivity contribution in [3.8, 4) is 23.0 Å². The number of pyridine rings is 1. The normalized spacial score (nSPS) is 26.6. The summed E-state index contributed by atoms with van der Waals surface area (Å²) < 4.78 is 52.4. The number of fused-ring (bicyclic) bond motifs is 5. The zero-order chi connectivity index (χ0) is 30.2. The molecule has 2 aromatic carbocycles. The molecule has 0 spiro atoms. The second-order valence-corrected chi connectivity index (χ2v) is 12.9. The van der Waals surface area contributed by atoms with Gasteiger partial charge in [-0.2, -0.15) is 9.97 Å². The summed E-state index contributed by atoms with van der Waals surface area (Å²) in [6, 6.07) is 6.57. The van der Waals surface area contributed by atoms with E-state index in [9.17, 15) is 13.9 Å². The smallest absolute Gasteiger partial charge is 0.319 e. The van der Waals surface area contributed by atoms with Crippen LogP contribution in [-0.4, -0.2) is 81.5 Å². The highest BCUT2D eigenvalue weighted by molar-refractivity contribution is 6.01. The number of halogens is 3. The minimum atomic E-state index is -0.899. The van der Waals surface area contributed by atoms with E-state index in [2.05, 4.69) is 25.1 Å². The summed E-state index contributed by atoms with van der Waals surface area (Å²) in [5.74, 6) is -0.616. The SMILES string of the molecule is CCc1c(F)ccc2cc(O)cc(-c3ncc4c(N5C[C@H]6CC[C@@H](C5)N6)nc(OC[C@@]56CCCN5C[C@H](F)C6)nc4c3F)c12. The molecule has 0 saturated carbocycles. The highest BCUT2D eigenvalue weighted by atomic mass is 19.1. The quantitative estimate of drug-likeness (QED) is 0.307. The number of phenolic OH excluding ortho intramolecular Hbond substituents is 1. The van der Waals surface area contributed by atoms with Crippen LogP contribution in [0.25, 0.3) is 32.9 Å². The van der Waals surface area contributed by atoms with Gasteiger partial charge >= 0.3 is 6.01 Å². The van der Waals surface area contributed by atoms with Crippen LogP contribution in [0.3, 0.4) is 0 Å². The summed E-state index contributed by atoms with van der Waals surface area (Å²) >= 11 is 0. The van der Waals surface area contributed by atoms with E-state index < -0.39 is 23.3 Å². The van der Waals surface area contributed by atoms with Gasteiger partial charge in [0.1, 0.15) is 41.4 Å². The third-order valence-electron chi connectivity index (χ3n) is 10.2. The van der Waals surface area contributed by atoms with Gasteiger partial charge in [0.25, 0.3) is 0 Å². The van der Waals surface area contributed by atoms with E-state index in [1.807, 2.05) is 6.92 Å². The van der Waals surface area contributed by atoms with Gasteiger partial charge in [-0.05, 0) is 73.2 Å². The average Bonchev–Trinajstić information content (AvgIpc) is 3.66. The number of benzene rings is 2. The monoisotopic (exact) mass is 604 g/mol. The lowest BCUT2D eigenvalue weighted by atomic mass is 9.94. The maximum absolute atomic E-state index is 16.8. The minimum absolute atomic E-state index is 0.0358. The molecule has 0 radical (unpaired) electrons. The average molecular weight is 605 g/mol. The first-order valence-electron chi connectivity index (χ1n) is 15.7. The van der Waals surface area contributed by atoms with Crippen molar-refractivity contribution in [2.45, 2.75) is 69.2 Å². The molecule has 230 valence electrons. The summed E-state index contributed by atoms with van der Waals surface area (Å²) in [5.41, 5.74) is 0.313. The van der Waals surface area contributed by atoms with Crippen molar-refractivity contribution in [2.75, 3.05) is 37.7 Å². The maximum atomic E-state index is 16.8. The van der Waals surface area contributed by atoms with Crippen LogP contribution < -0.4 is 15.0 Å². The molecule has 0 aliphatic carbocycles. The molecule has 44 heavy (non-hydrogen) atoms. The molecule has 0 unspecified atom stereocenters. The van der Waals surface area contributed by atoms with Crippen molar-refractivity contribution in [1.29, 1.82) is 0 Å². The van der Waals surface area contributed by atoms with Crippen LogP contribution in [0, 0.1) is 11.6 Å². The molecule has 8 nitrogen and oxygen atoms in total. The fraction of sp³-hybridized carbons (Fsp3) is 0.485. The highest BCUT2D eigenvalue weighted by Gasteiger charge is 2.49. The number of hydrogen-bond donors (Lipinski definition) is 2. The number of aromatic hydroxyl groups is 1. The van der Waals surface area contributed by atoms with E-state index in [0.717, 1.165) is 32.2 Å². The Bertz CT molecular complexity index is 1780. The number of ether oxygens (including phenoxy) is 1. The summed E-state index contributed by atoms with van der Waals surface area (Å²) in [6.07, 6.45) is 5.39. The fourth-order valence-electron chi connectivity index (χ4n) is 8.16. The minimum Gasteiger partial charge on any atom is -0.508 e. The molecule has 11 heteroatoms. The van der Waals surface area contributed by atoms with Gasteiger partial charge in [0, 0.05) is 49.9 Å². The highest BCUT2D eigenvalue weighted by Crippen LogP contribution is 2.42. The summed E-state index contributed by atoms with van der Waals surface area (Å²) in [6.45, 7) is 4.72. The number of anilines is 1. The zero-order valence-corrected chi connectivity index (χ0v) is 24.6. The molecule has 6 heterocycles. The van der Waals surface area contributed by atoms with Crippen LogP contribution in [0.15, 0.2) is 30.5 Å². The van der Waals surface area contributed by atoms with Gasteiger partial charge in [0.2, 0.25) is 0 Å². The summed E-state index contributed by atoms with van der Waals surface area (Å²) in [7, 11) is 0.